The SMILES string of the molecule is CCOC(=O)N1CCN(C(=O)CN2C(=O)/C(=C/c3ccc(OCC)cc3)SC2=S)CC1. The van der Waals surface area contributed by atoms with Gasteiger partial charge in [-0.1, -0.05) is 36.1 Å². The molecule has 3 amide bonds. The number of hydrogen-bond donors (Lipinski definition) is 0. The van der Waals surface area contributed by atoms with Gasteiger partial charge in [0.2, 0.25) is 5.91 Å². The molecule has 31 heavy (non-hydrogen) atoms. The zero-order valence-electron chi connectivity index (χ0n) is 17.5. The Labute approximate surface area is 191 Å². The lowest BCUT2D eigenvalue weighted by molar-refractivity contribution is -0.136. The highest BCUT2D eigenvalue weighted by atomic mass is 32.2. The van der Waals surface area contributed by atoms with E-state index in [2.05, 4.69) is 0 Å². The summed E-state index contributed by atoms with van der Waals surface area (Å²) in [7, 11) is 0. The average molecular weight is 464 g/mol. The molecule has 0 spiro atoms. The standard InChI is InChI=1S/C21H25N3O5S2/c1-3-28-16-7-5-15(6-8-16)13-17-19(26)24(21(30)31-17)14-18(25)22-9-11-23(12-10-22)20(27)29-4-2/h5-8,13H,3-4,9-12,14H2,1-2H3/b17-13-. The lowest BCUT2D eigenvalue weighted by atomic mass is 10.2. The monoisotopic (exact) mass is 463 g/mol. The molecule has 166 valence electrons. The smallest absolute Gasteiger partial charge is 0.409 e. The van der Waals surface area contributed by atoms with Gasteiger partial charge in [0.15, 0.2) is 0 Å². The van der Waals surface area contributed by atoms with Crippen molar-refractivity contribution in [3.05, 3.63) is 34.7 Å². The van der Waals surface area contributed by atoms with Crippen molar-refractivity contribution in [3.63, 3.8) is 0 Å². The van der Waals surface area contributed by atoms with Gasteiger partial charge in [-0.25, -0.2) is 4.79 Å². The van der Waals surface area contributed by atoms with Gasteiger partial charge >= 0.3 is 6.09 Å². The minimum Gasteiger partial charge on any atom is -0.494 e. The van der Waals surface area contributed by atoms with E-state index in [9.17, 15) is 14.4 Å². The van der Waals surface area contributed by atoms with E-state index >= 15 is 0 Å². The molecule has 0 aromatic heterocycles. The highest BCUT2D eigenvalue weighted by Gasteiger charge is 2.35. The van der Waals surface area contributed by atoms with Gasteiger partial charge in [-0.2, -0.15) is 0 Å². The number of carbonyl (C=O) groups excluding carboxylic acids is 3. The summed E-state index contributed by atoms with van der Waals surface area (Å²) < 4.78 is 10.8. The third-order valence-corrected chi connectivity index (χ3v) is 6.19. The molecule has 0 radical (unpaired) electrons. The van der Waals surface area contributed by atoms with Crippen molar-refractivity contribution in [2.45, 2.75) is 13.8 Å². The topological polar surface area (TPSA) is 79.4 Å². The highest BCUT2D eigenvalue weighted by Crippen LogP contribution is 2.32. The number of piperazine rings is 1. The van der Waals surface area contributed by atoms with Crippen LogP contribution in [0, 0.1) is 0 Å². The summed E-state index contributed by atoms with van der Waals surface area (Å²) in [5.41, 5.74) is 0.852. The van der Waals surface area contributed by atoms with E-state index in [4.69, 9.17) is 21.7 Å². The number of nitrogens with zero attached hydrogens (tertiary/aromatic N) is 3. The van der Waals surface area contributed by atoms with E-state index in [1.807, 2.05) is 31.2 Å². The lowest BCUT2D eigenvalue weighted by Gasteiger charge is -2.34. The molecule has 0 saturated carbocycles. The number of benzene rings is 1. The van der Waals surface area contributed by atoms with E-state index in [1.165, 1.54) is 16.7 Å². The Hall–Kier alpha value is -2.59. The first-order chi connectivity index (χ1) is 14.9. The molecule has 0 bridgehead atoms. The molecule has 0 atom stereocenters. The molecule has 0 aliphatic carbocycles. The zero-order valence-corrected chi connectivity index (χ0v) is 19.2. The van der Waals surface area contributed by atoms with Crippen LogP contribution in [0.2, 0.25) is 0 Å². The molecule has 2 saturated heterocycles. The van der Waals surface area contributed by atoms with Gasteiger partial charge in [0, 0.05) is 26.2 Å². The summed E-state index contributed by atoms with van der Waals surface area (Å²) in [5, 5.41) is 0. The first-order valence-electron chi connectivity index (χ1n) is 10.1. The first-order valence-corrected chi connectivity index (χ1v) is 11.3. The molecule has 2 fully saturated rings. The Kier molecular flexibility index (Phi) is 7.91. The summed E-state index contributed by atoms with van der Waals surface area (Å²) in [5.74, 6) is 0.297. The van der Waals surface area contributed by atoms with Crippen molar-refractivity contribution in [2.24, 2.45) is 0 Å². The second-order valence-corrected chi connectivity index (χ2v) is 8.51. The molecule has 1 aromatic rings. The van der Waals surface area contributed by atoms with Crippen LogP contribution in [-0.4, -0.2) is 82.9 Å². The Morgan fingerprint density at radius 2 is 1.71 bits per heavy atom. The average Bonchev–Trinajstić information content (AvgIpc) is 3.03. The number of thioether (sulfide) groups is 1. The van der Waals surface area contributed by atoms with Crippen LogP contribution in [0.4, 0.5) is 4.79 Å². The fourth-order valence-corrected chi connectivity index (χ4v) is 4.46. The van der Waals surface area contributed by atoms with Crippen LogP contribution in [0.1, 0.15) is 19.4 Å². The predicted molar refractivity (Wildman–Crippen MR) is 123 cm³/mol. The summed E-state index contributed by atoms with van der Waals surface area (Å²) in [4.78, 5) is 42.3. The highest BCUT2D eigenvalue weighted by molar-refractivity contribution is 8.26. The second kappa shape index (κ2) is 10.6. The van der Waals surface area contributed by atoms with E-state index in [0.717, 1.165) is 11.3 Å². The van der Waals surface area contributed by atoms with Gasteiger partial charge in [0.25, 0.3) is 5.91 Å². The van der Waals surface area contributed by atoms with Crippen molar-refractivity contribution in [3.8, 4) is 5.75 Å². The fraction of sp³-hybridized carbons (Fsp3) is 0.429. The maximum Gasteiger partial charge on any atom is 0.409 e. The number of carbonyl (C=O) groups is 3. The van der Waals surface area contributed by atoms with Gasteiger partial charge in [0.1, 0.15) is 16.6 Å². The van der Waals surface area contributed by atoms with Crippen molar-refractivity contribution in [2.75, 3.05) is 45.9 Å². The van der Waals surface area contributed by atoms with Crippen LogP contribution in [0.3, 0.4) is 0 Å². The number of ether oxygens (including phenoxy) is 2. The Morgan fingerprint density at radius 1 is 1.06 bits per heavy atom. The Balaban J connectivity index is 1.57. The van der Waals surface area contributed by atoms with Gasteiger partial charge in [-0.15, -0.1) is 0 Å². The van der Waals surface area contributed by atoms with Gasteiger partial charge < -0.3 is 19.3 Å². The van der Waals surface area contributed by atoms with Crippen LogP contribution in [0.15, 0.2) is 29.2 Å². The third kappa shape index (κ3) is 5.76. The molecule has 0 N–H and O–H groups in total. The minimum atomic E-state index is -0.369. The van der Waals surface area contributed by atoms with Crippen molar-refractivity contribution in [1.29, 1.82) is 0 Å². The van der Waals surface area contributed by atoms with Crippen molar-refractivity contribution in [1.82, 2.24) is 14.7 Å². The number of hydrogen-bond acceptors (Lipinski definition) is 7. The summed E-state index contributed by atoms with van der Waals surface area (Å²) in [6, 6.07) is 7.42. The molecule has 8 nitrogen and oxygen atoms in total. The first kappa shape index (κ1) is 23.1. The zero-order chi connectivity index (χ0) is 22.4. The van der Waals surface area contributed by atoms with E-state index in [-0.39, 0.29) is 24.5 Å². The van der Waals surface area contributed by atoms with E-state index in [0.29, 0.717) is 48.6 Å². The minimum absolute atomic E-state index is 0.106. The predicted octanol–water partition coefficient (Wildman–Crippen LogP) is 2.59. The summed E-state index contributed by atoms with van der Waals surface area (Å²) >= 11 is 6.52. The van der Waals surface area contributed by atoms with E-state index in [1.54, 1.807) is 22.8 Å². The molecule has 2 aliphatic rings. The summed E-state index contributed by atoms with van der Waals surface area (Å²) in [6.07, 6.45) is 1.39. The maximum absolute atomic E-state index is 12.8. The summed E-state index contributed by atoms with van der Waals surface area (Å²) in [6.45, 7) is 6.07. The quantitative estimate of drug-likeness (QED) is 0.474. The third-order valence-electron chi connectivity index (χ3n) is 4.81. The fourth-order valence-electron chi connectivity index (χ4n) is 3.20. The van der Waals surface area contributed by atoms with Crippen molar-refractivity contribution < 1.29 is 23.9 Å². The largest absolute Gasteiger partial charge is 0.494 e. The van der Waals surface area contributed by atoms with Crippen LogP contribution in [0.25, 0.3) is 6.08 Å². The Morgan fingerprint density at radius 3 is 2.32 bits per heavy atom. The molecule has 2 aliphatic heterocycles. The number of rotatable bonds is 6. The molecular weight excluding hydrogens is 438 g/mol. The molecule has 0 unspecified atom stereocenters. The molecular formula is C21H25N3O5S2. The van der Waals surface area contributed by atoms with Crippen LogP contribution >= 0.6 is 24.0 Å². The number of amides is 3. The van der Waals surface area contributed by atoms with Crippen LogP contribution in [-0.2, 0) is 14.3 Å². The number of thiocarbonyl (C=S) groups is 1. The molecule has 2 heterocycles. The van der Waals surface area contributed by atoms with Crippen LogP contribution < -0.4 is 4.74 Å². The van der Waals surface area contributed by atoms with E-state index < -0.39 is 0 Å². The van der Waals surface area contributed by atoms with Gasteiger partial charge in [0.05, 0.1) is 18.1 Å². The molecule has 1 aromatic carbocycles. The second-order valence-electron chi connectivity index (χ2n) is 6.84. The van der Waals surface area contributed by atoms with Gasteiger partial charge in [-0.05, 0) is 37.6 Å². The normalized spacial score (nSPS) is 18.0. The molecule has 10 heteroatoms. The van der Waals surface area contributed by atoms with Crippen LogP contribution in [0.5, 0.6) is 5.75 Å². The van der Waals surface area contributed by atoms with Gasteiger partial charge in [-0.3, -0.25) is 14.5 Å². The Bertz CT molecular complexity index is 880. The lowest BCUT2D eigenvalue weighted by Crippen LogP contribution is -2.53. The maximum atomic E-state index is 12.8. The molecule has 3 rings (SSSR count). The van der Waals surface area contributed by atoms with Crippen molar-refractivity contribution >= 4 is 52.3 Å².